The minimum absolute atomic E-state index is 0.829. The Hall–Kier alpha value is -2.76. The van der Waals surface area contributed by atoms with Crippen molar-refractivity contribution in [1.82, 2.24) is 15.1 Å². The van der Waals surface area contributed by atoms with E-state index in [4.69, 9.17) is 0 Å². The third-order valence-electron chi connectivity index (χ3n) is 6.45. The zero-order valence-electron chi connectivity index (χ0n) is 19.7. The Morgan fingerprint density at radius 2 is 1.88 bits per heavy atom. The van der Waals surface area contributed by atoms with Crippen LogP contribution in [0.1, 0.15) is 23.1 Å². The van der Waals surface area contributed by atoms with Crippen molar-refractivity contribution in [3.8, 4) is 0 Å². The van der Waals surface area contributed by atoms with Crippen LogP contribution in [0.3, 0.4) is 0 Å². The monoisotopic (exact) mass is 431 g/mol. The largest absolute Gasteiger partial charge is 0.372 e. The summed E-state index contributed by atoms with van der Waals surface area (Å²) >= 11 is 0. The van der Waals surface area contributed by atoms with Gasteiger partial charge in [0.1, 0.15) is 0 Å². The molecule has 2 aliphatic heterocycles. The lowest BCUT2D eigenvalue weighted by Crippen LogP contribution is -2.45. The SMILES string of the molecule is C=C(NCCCN1CCN(C)CC1)Nc1cccc(CN2C(=C)Cc3cc(C)ccc32)c1. The summed E-state index contributed by atoms with van der Waals surface area (Å²) < 4.78 is 0. The van der Waals surface area contributed by atoms with E-state index in [-0.39, 0.29) is 0 Å². The molecule has 0 radical (unpaired) electrons. The Morgan fingerprint density at radius 1 is 1.06 bits per heavy atom. The summed E-state index contributed by atoms with van der Waals surface area (Å²) in [5.74, 6) is 0.854. The molecular weight excluding hydrogens is 394 g/mol. The summed E-state index contributed by atoms with van der Waals surface area (Å²) in [6.45, 7) is 18.2. The molecule has 2 N–H and O–H groups in total. The molecule has 0 bridgehead atoms. The van der Waals surface area contributed by atoms with E-state index in [1.165, 1.54) is 48.6 Å². The number of rotatable bonds is 9. The molecule has 0 aliphatic carbocycles. The Balaban J connectivity index is 1.25. The molecular formula is C27H37N5. The van der Waals surface area contributed by atoms with Gasteiger partial charge in [-0.05, 0) is 56.3 Å². The number of fused-ring (bicyclic) bond motifs is 1. The molecule has 0 aromatic heterocycles. The highest BCUT2D eigenvalue weighted by Gasteiger charge is 2.22. The smallest absolute Gasteiger partial charge is 0.0957 e. The zero-order valence-corrected chi connectivity index (χ0v) is 19.7. The summed E-state index contributed by atoms with van der Waals surface area (Å²) in [5.41, 5.74) is 7.44. The normalized spacial score (nSPS) is 16.8. The minimum Gasteiger partial charge on any atom is -0.372 e. The van der Waals surface area contributed by atoms with Gasteiger partial charge in [-0.25, -0.2) is 0 Å². The van der Waals surface area contributed by atoms with Gasteiger partial charge in [0.15, 0.2) is 0 Å². The maximum Gasteiger partial charge on any atom is 0.0957 e. The van der Waals surface area contributed by atoms with Crippen molar-refractivity contribution < 1.29 is 0 Å². The van der Waals surface area contributed by atoms with Crippen molar-refractivity contribution in [2.24, 2.45) is 0 Å². The first-order valence-corrected chi connectivity index (χ1v) is 11.7. The van der Waals surface area contributed by atoms with E-state index in [9.17, 15) is 0 Å². The molecule has 1 fully saturated rings. The van der Waals surface area contributed by atoms with E-state index in [2.05, 4.69) is 94.9 Å². The van der Waals surface area contributed by atoms with Gasteiger partial charge in [-0.3, -0.25) is 0 Å². The zero-order chi connectivity index (χ0) is 22.5. The number of piperazine rings is 1. The van der Waals surface area contributed by atoms with Crippen LogP contribution in [0.4, 0.5) is 11.4 Å². The number of likely N-dealkylation sites (N-methyl/N-ethyl adjacent to an activating group) is 1. The van der Waals surface area contributed by atoms with Gasteiger partial charge < -0.3 is 25.3 Å². The number of nitrogens with one attached hydrogen (secondary N) is 2. The standard InChI is InChI=1S/C27H37N5/c1-21-9-10-27-25(17-21)18-22(2)32(27)20-24-7-5-8-26(19-24)29-23(3)28-11-6-12-31-15-13-30(4)14-16-31/h5,7-10,17,19,28-29H,2-3,6,11-16,18,20H2,1,4H3. The van der Waals surface area contributed by atoms with Gasteiger partial charge >= 0.3 is 0 Å². The van der Waals surface area contributed by atoms with Crippen LogP contribution >= 0.6 is 0 Å². The molecule has 5 nitrogen and oxygen atoms in total. The maximum atomic E-state index is 4.31. The average molecular weight is 432 g/mol. The summed E-state index contributed by atoms with van der Waals surface area (Å²) in [7, 11) is 2.20. The fourth-order valence-electron chi connectivity index (χ4n) is 4.56. The Morgan fingerprint density at radius 3 is 2.69 bits per heavy atom. The molecule has 1 saturated heterocycles. The highest BCUT2D eigenvalue weighted by atomic mass is 15.2. The number of allylic oxidation sites excluding steroid dienone is 1. The molecule has 170 valence electrons. The molecule has 0 saturated carbocycles. The van der Waals surface area contributed by atoms with Crippen LogP contribution in [0.25, 0.3) is 0 Å². The fraction of sp³-hybridized carbons (Fsp3) is 0.407. The van der Waals surface area contributed by atoms with Gasteiger partial charge in [0.05, 0.1) is 5.82 Å². The van der Waals surface area contributed by atoms with Crippen molar-refractivity contribution in [3.63, 3.8) is 0 Å². The molecule has 2 aromatic carbocycles. The second-order valence-corrected chi connectivity index (χ2v) is 9.19. The van der Waals surface area contributed by atoms with E-state index < -0.39 is 0 Å². The third-order valence-corrected chi connectivity index (χ3v) is 6.45. The van der Waals surface area contributed by atoms with Crippen molar-refractivity contribution in [2.45, 2.75) is 26.3 Å². The van der Waals surface area contributed by atoms with Crippen LogP contribution in [0.15, 0.2) is 67.1 Å². The van der Waals surface area contributed by atoms with Crippen LogP contribution in [0, 0.1) is 6.92 Å². The lowest BCUT2D eigenvalue weighted by Gasteiger charge is -2.32. The number of benzene rings is 2. The molecule has 2 aliphatic rings. The second kappa shape index (κ2) is 10.2. The third kappa shape index (κ3) is 5.72. The van der Waals surface area contributed by atoms with Gasteiger partial charge in [0.25, 0.3) is 0 Å². The molecule has 5 heteroatoms. The average Bonchev–Trinajstić information content (AvgIpc) is 3.07. The van der Waals surface area contributed by atoms with Gasteiger partial charge in [-0.2, -0.15) is 0 Å². The van der Waals surface area contributed by atoms with Crippen molar-refractivity contribution in [2.75, 3.05) is 56.5 Å². The Labute approximate surface area is 193 Å². The predicted octanol–water partition coefficient (Wildman–Crippen LogP) is 4.18. The molecule has 0 amide bonds. The van der Waals surface area contributed by atoms with Gasteiger partial charge in [-0.15, -0.1) is 0 Å². The van der Waals surface area contributed by atoms with E-state index in [0.717, 1.165) is 49.7 Å². The lowest BCUT2D eigenvalue weighted by molar-refractivity contribution is 0.153. The molecule has 2 aromatic rings. The quantitative estimate of drug-likeness (QED) is 0.582. The number of nitrogens with zero attached hydrogens (tertiary/aromatic N) is 3. The highest BCUT2D eigenvalue weighted by molar-refractivity contribution is 5.65. The van der Waals surface area contributed by atoms with E-state index in [0.29, 0.717) is 0 Å². The van der Waals surface area contributed by atoms with E-state index >= 15 is 0 Å². The molecule has 0 unspecified atom stereocenters. The molecule has 0 spiro atoms. The molecule has 2 heterocycles. The van der Waals surface area contributed by atoms with Crippen LogP contribution in [-0.4, -0.2) is 56.1 Å². The summed E-state index contributed by atoms with van der Waals surface area (Å²) in [5, 5.41) is 6.85. The summed E-state index contributed by atoms with van der Waals surface area (Å²) in [4.78, 5) is 7.28. The maximum absolute atomic E-state index is 4.31. The predicted molar refractivity (Wildman–Crippen MR) is 136 cm³/mol. The molecule has 0 atom stereocenters. The Bertz CT molecular complexity index is 958. The van der Waals surface area contributed by atoms with Crippen LogP contribution in [0.5, 0.6) is 0 Å². The van der Waals surface area contributed by atoms with Gasteiger partial charge in [0, 0.05) is 62.8 Å². The van der Waals surface area contributed by atoms with E-state index in [1.54, 1.807) is 0 Å². The minimum atomic E-state index is 0.829. The summed E-state index contributed by atoms with van der Waals surface area (Å²) in [6, 6.07) is 15.3. The van der Waals surface area contributed by atoms with Crippen molar-refractivity contribution >= 4 is 11.4 Å². The first kappa shape index (κ1) is 22.4. The molecule has 32 heavy (non-hydrogen) atoms. The van der Waals surface area contributed by atoms with E-state index in [1.807, 2.05) is 0 Å². The van der Waals surface area contributed by atoms with Gasteiger partial charge in [0.2, 0.25) is 0 Å². The Kier molecular flexibility index (Phi) is 7.18. The number of hydrogen-bond acceptors (Lipinski definition) is 5. The molecule has 4 rings (SSSR count). The lowest BCUT2D eigenvalue weighted by atomic mass is 10.1. The topological polar surface area (TPSA) is 33.8 Å². The van der Waals surface area contributed by atoms with Crippen molar-refractivity contribution in [1.29, 1.82) is 0 Å². The van der Waals surface area contributed by atoms with Gasteiger partial charge in [-0.1, -0.05) is 43.0 Å². The number of aryl methyl sites for hydroxylation is 1. The first-order valence-electron chi connectivity index (χ1n) is 11.7. The fourth-order valence-corrected chi connectivity index (χ4v) is 4.56. The number of anilines is 2. The van der Waals surface area contributed by atoms with Crippen LogP contribution in [-0.2, 0) is 13.0 Å². The first-order chi connectivity index (χ1) is 15.5. The van der Waals surface area contributed by atoms with Crippen LogP contribution < -0.4 is 15.5 Å². The number of hydrogen-bond donors (Lipinski definition) is 2. The highest BCUT2D eigenvalue weighted by Crippen LogP contribution is 2.35. The second-order valence-electron chi connectivity index (χ2n) is 9.19. The summed E-state index contributed by atoms with van der Waals surface area (Å²) in [6.07, 6.45) is 2.06. The van der Waals surface area contributed by atoms with Crippen LogP contribution in [0.2, 0.25) is 0 Å². The van der Waals surface area contributed by atoms with Crippen molar-refractivity contribution in [3.05, 3.63) is 83.8 Å².